The van der Waals surface area contributed by atoms with Crippen LogP contribution < -0.4 is 0 Å². The van der Waals surface area contributed by atoms with Crippen LogP contribution in [0.3, 0.4) is 0 Å². The molecule has 0 aliphatic carbocycles. The predicted molar refractivity (Wildman–Crippen MR) is 110 cm³/mol. The van der Waals surface area contributed by atoms with E-state index >= 15 is 0 Å². The summed E-state index contributed by atoms with van der Waals surface area (Å²) in [5.74, 6) is -0.606. The minimum atomic E-state index is -0.606. The molecule has 0 radical (unpaired) electrons. The first-order chi connectivity index (χ1) is 13.5. The van der Waals surface area contributed by atoms with E-state index in [0.717, 1.165) is 28.0 Å². The summed E-state index contributed by atoms with van der Waals surface area (Å²) >= 11 is 0. The lowest BCUT2D eigenvalue weighted by Gasteiger charge is -2.14. The molecule has 6 nitrogen and oxygen atoms in total. The largest absolute Gasteiger partial charge is 0.464 e. The Morgan fingerprint density at radius 2 is 1.64 bits per heavy atom. The molecule has 0 heterocycles. The zero-order valence-electron chi connectivity index (χ0n) is 16.6. The molecule has 0 aromatic heterocycles. The third kappa shape index (κ3) is 5.07. The van der Waals surface area contributed by atoms with Crippen LogP contribution in [0.15, 0.2) is 65.4 Å². The van der Waals surface area contributed by atoms with Gasteiger partial charge in [-0.15, -0.1) is 0 Å². The number of hydrogen-bond donors (Lipinski definition) is 0. The molecule has 0 fully saturated rings. The molecule has 0 bridgehead atoms. The molecule has 0 unspecified atom stereocenters. The zero-order chi connectivity index (χ0) is 20.5. The van der Waals surface area contributed by atoms with Crippen LogP contribution in [-0.2, 0) is 25.8 Å². The number of nitrogens with zero attached hydrogens (tertiary/aromatic N) is 2. The van der Waals surface area contributed by atoms with E-state index in [1.54, 1.807) is 6.07 Å². The van der Waals surface area contributed by atoms with Gasteiger partial charge in [0.25, 0.3) is 0 Å². The molecule has 0 atom stereocenters. The van der Waals surface area contributed by atoms with E-state index in [0.29, 0.717) is 5.56 Å². The Bertz CT molecular complexity index is 902. The van der Waals surface area contributed by atoms with Gasteiger partial charge in [0.1, 0.15) is 13.7 Å². The maximum Gasteiger partial charge on any atom is 0.360 e. The first-order valence-electron chi connectivity index (χ1n) is 8.69. The second kappa shape index (κ2) is 10.1. The lowest BCUT2D eigenvalue weighted by Crippen LogP contribution is -2.20. The summed E-state index contributed by atoms with van der Waals surface area (Å²) in [6.45, 7) is 7.89. The Hall–Kier alpha value is -3.41. The molecular formula is C22H24N2O4. The van der Waals surface area contributed by atoms with E-state index in [9.17, 15) is 4.79 Å². The fourth-order valence-corrected chi connectivity index (χ4v) is 2.67. The number of esters is 1. The van der Waals surface area contributed by atoms with E-state index in [2.05, 4.69) is 16.9 Å². The van der Waals surface area contributed by atoms with E-state index in [1.165, 1.54) is 14.2 Å². The van der Waals surface area contributed by atoms with Crippen LogP contribution in [-0.4, -0.2) is 31.6 Å². The first kappa shape index (κ1) is 20.9. The summed E-state index contributed by atoms with van der Waals surface area (Å²) in [4.78, 5) is 22.6. The second-order valence-corrected chi connectivity index (χ2v) is 6.04. The molecule has 0 N–H and O–H groups in total. The summed E-state index contributed by atoms with van der Waals surface area (Å²) in [6, 6.07) is 15.2. The van der Waals surface area contributed by atoms with Crippen molar-refractivity contribution in [2.24, 2.45) is 10.3 Å². The summed E-state index contributed by atoms with van der Waals surface area (Å²) < 4.78 is 4.83. The van der Waals surface area contributed by atoms with Crippen molar-refractivity contribution in [2.75, 3.05) is 14.2 Å². The van der Waals surface area contributed by atoms with Crippen molar-refractivity contribution >= 4 is 23.0 Å². The van der Waals surface area contributed by atoms with Crippen molar-refractivity contribution in [3.05, 3.63) is 77.4 Å². The molecule has 0 aliphatic rings. The van der Waals surface area contributed by atoms with Crippen LogP contribution >= 0.6 is 0 Å². The Morgan fingerprint density at radius 3 is 2.25 bits per heavy atom. The number of benzene rings is 2. The van der Waals surface area contributed by atoms with Crippen molar-refractivity contribution in [2.45, 2.75) is 20.5 Å². The summed E-state index contributed by atoms with van der Waals surface area (Å²) in [6.07, 6.45) is 0. The summed E-state index contributed by atoms with van der Waals surface area (Å²) in [5, 5.41) is 8.04. The Balaban J connectivity index is 2.40. The lowest BCUT2D eigenvalue weighted by molar-refractivity contribution is -0.132. The van der Waals surface area contributed by atoms with Crippen LogP contribution in [0.1, 0.15) is 36.1 Å². The predicted octanol–water partition coefficient (Wildman–Crippen LogP) is 4.18. The van der Waals surface area contributed by atoms with Crippen LogP contribution in [0.4, 0.5) is 0 Å². The third-order valence-electron chi connectivity index (χ3n) is 4.05. The molecule has 2 rings (SSSR count). The second-order valence-electron chi connectivity index (χ2n) is 6.04. The average molecular weight is 380 g/mol. The van der Waals surface area contributed by atoms with Gasteiger partial charge in [0.2, 0.25) is 0 Å². The van der Waals surface area contributed by atoms with Gasteiger partial charge in [0, 0.05) is 11.1 Å². The lowest BCUT2D eigenvalue weighted by atomic mass is 9.94. The van der Waals surface area contributed by atoms with Gasteiger partial charge in [-0.25, -0.2) is 4.79 Å². The maximum atomic E-state index is 12.2. The number of carbonyl (C=O) groups is 1. The topological polar surface area (TPSA) is 69.5 Å². The SMILES string of the molecule is C=C(C)c1cccc(/C(=N\OC)C(=O)OC)c1CO/N=C(\C)c1ccccc1. The van der Waals surface area contributed by atoms with E-state index in [4.69, 9.17) is 14.4 Å². The molecule has 0 saturated carbocycles. The molecule has 146 valence electrons. The fraction of sp³-hybridized carbons (Fsp3) is 0.227. The number of methoxy groups -OCH3 is 1. The number of rotatable bonds is 8. The minimum Gasteiger partial charge on any atom is -0.464 e. The van der Waals surface area contributed by atoms with E-state index in [-0.39, 0.29) is 12.3 Å². The normalized spacial score (nSPS) is 11.7. The first-order valence-corrected chi connectivity index (χ1v) is 8.69. The van der Waals surface area contributed by atoms with Crippen LogP contribution in [0.25, 0.3) is 5.57 Å². The summed E-state index contributed by atoms with van der Waals surface area (Å²) in [5.41, 5.74) is 4.70. The smallest absolute Gasteiger partial charge is 0.360 e. The third-order valence-corrected chi connectivity index (χ3v) is 4.05. The van der Waals surface area contributed by atoms with Crippen molar-refractivity contribution in [3.8, 4) is 0 Å². The fourth-order valence-electron chi connectivity index (χ4n) is 2.67. The number of ether oxygens (including phenoxy) is 1. The van der Waals surface area contributed by atoms with Gasteiger partial charge in [-0.05, 0) is 25.0 Å². The standard InChI is InChI=1S/C22H24N2O4/c1-15(2)18-12-9-13-19(21(24-27-5)22(25)26-4)20(18)14-28-23-16(3)17-10-7-6-8-11-17/h6-13H,1,14H2,2-5H3/b23-16+,24-21+. The van der Waals surface area contributed by atoms with Gasteiger partial charge >= 0.3 is 5.97 Å². The van der Waals surface area contributed by atoms with Crippen molar-refractivity contribution < 1.29 is 19.2 Å². The Labute approximate surface area is 165 Å². The molecular weight excluding hydrogens is 356 g/mol. The number of carbonyl (C=O) groups excluding carboxylic acids is 1. The highest BCUT2D eigenvalue weighted by atomic mass is 16.6. The van der Waals surface area contributed by atoms with Crippen molar-refractivity contribution in [3.63, 3.8) is 0 Å². The highest BCUT2D eigenvalue weighted by Gasteiger charge is 2.22. The average Bonchev–Trinajstić information content (AvgIpc) is 2.72. The monoisotopic (exact) mass is 380 g/mol. The quantitative estimate of drug-likeness (QED) is 0.391. The van der Waals surface area contributed by atoms with Gasteiger partial charge in [-0.1, -0.05) is 71.0 Å². The molecule has 0 amide bonds. The van der Waals surface area contributed by atoms with Gasteiger partial charge < -0.3 is 14.4 Å². The number of allylic oxidation sites excluding steroid dienone is 1. The highest BCUT2D eigenvalue weighted by molar-refractivity contribution is 6.43. The molecule has 0 spiro atoms. The van der Waals surface area contributed by atoms with Gasteiger partial charge in [-0.3, -0.25) is 0 Å². The molecule has 2 aromatic rings. The van der Waals surface area contributed by atoms with Crippen LogP contribution in [0.5, 0.6) is 0 Å². The molecule has 6 heteroatoms. The van der Waals surface area contributed by atoms with Crippen molar-refractivity contribution in [1.82, 2.24) is 0 Å². The molecule has 0 aliphatic heterocycles. The van der Waals surface area contributed by atoms with Gasteiger partial charge in [0.15, 0.2) is 5.71 Å². The number of oxime groups is 2. The van der Waals surface area contributed by atoms with Gasteiger partial charge in [-0.2, -0.15) is 0 Å². The molecule has 2 aromatic carbocycles. The summed E-state index contributed by atoms with van der Waals surface area (Å²) in [7, 11) is 2.66. The Morgan fingerprint density at radius 1 is 0.964 bits per heavy atom. The zero-order valence-corrected chi connectivity index (χ0v) is 16.6. The van der Waals surface area contributed by atoms with E-state index < -0.39 is 5.97 Å². The van der Waals surface area contributed by atoms with Crippen molar-refractivity contribution in [1.29, 1.82) is 0 Å². The molecule has 0 saturated heterocycles. The van der Waals surface area contributed by atoms with Crippen LogP contribution in [0.2, 0.25) is 0 Å². The van der Waals surface area contributed by atoms with E-state index in [1.807, 2.05) is 56.3 Å². The van der Waals surface area contributed by atoms with Crippen LogP contribution in [0, 0.1) is 0 Å². The Kier molecular flexibility index (Phi) is 7.51. The van der Waals surface area contributed by atoms with Gasteiger partial charge in [0.05, 0.1) is 12.8 Å². The number of hydrogen-bond acceptors (Lipinski definition) is 6. The molecule has 28 heavy (non-hydrogen) atoms. The maximum absolute atomic E-state index is 12.2. The minimum absolute atomic E-state index is 0.0514. The highest BCUT2D eigenvalue weighted by Crippen LogP contribution is 2.24.